The molecule has 0 saturated carbocycles. The van der Waals surface area contributed by atoms with E-state index >= 15 is 0 Å². The molecule has 2 rings (SSSR count). The van der Waals surface area contributed by atoms with E-state index < -0.39 is 0 Å². The summed E-state index contributed by atoms with van der Waals surface area (Å²) in [6, 6.07) is 0. The van der Waals surface area contributed by atoms with Gasteiger partial charge in [-0.15, -0.1) is 0 Å². The van der Waals surface area contributed by atoms with Crippen molar-refractivity contribution in [1.29, 1.82) is 0 Å². The molecule has 3 heteroatoms. The highest BCUT2D eigenvalue weighted by molar-refractivity contribution is 5.01. The first-order chi connectivity index (χ1) is 7.34. The zero-order valence-corrected chi connectivity index (χ0v) is 11.2. The van der Waals surface area contributed by atoms with Crippen LogP contribution in [0, 0.1) is 0 Å². The SMILES string of the molecule is CN1C(C)(C)CCC(OCC2CO2)C1(C)C. The molecule has 0 aromatic rings. The number of epoxide rings is 1. The van der Waals surface area contributed by atoms with E-state index in [1.54, 1.807) is 0 Å². The maximum atomic E-state index is 6.02. The molecule has 0 amide bonds. The van der Waals surface area contributed by atoms with E-state index in [2.05, 4.69) is 39.6 Å². The molecule has 0 aromatic heterocycles. The van der Waals surface area contributed by atoms with Crippen LogP contribution in [0.15, 0.2) is 0 Å². The van der Waals surface area contributed by atoms with Crippen molar-refractivity contribution in [3.8, 4) is 0 Å². The molecule has 2 fully saturated rings. The lowest BCUT2D eigenvalue weighted by Crippen LogP contribution is -2.63. The van der Waals surface area contributed by atoms with Gasteiger partial charge in [0, 0.05) is 11.1 Å². The van der Waals surface area contributed by atoms with E-state index in [1.165, 1.54) is 6.42 Å². The minimum atomic E-state index is 0.108. The minimum absolute atomic E-state index is 0.108. The third-order valence-electron chi connectivity index (χ3n) is 4.46. The van der Waals surface area contributed by atoms with Crippen LogP contribution in [0.25, 0.3) is 0 Å². The number of likely N-dealkylation sites (tertiary alicyclic amines) is 1. The van der Waals surface area contributed by atoms with Crippen LogP contribution in [-0.2, 0) is 9.47 Å². The Morgan fingerprint density at radius 2 is 1.94 bits per heavy atom. The van der Waals surface area contributed by atoms with E-state index in [9.17, 15) is 0 Å². The Balaban J connectivity index is 1.98. The topological polar surface area (TPSA) is 25.0 Å². The van der Waals surface area contributed by atoms with Crippen LogP contribution >= 0.6 is 0 Å². The first-order valence-electron chi connectivity index (χ1n) is 6.31. The van der Waals surface area contributed by atoms with E-state index in [0.717, 1.165) is 19.6 Å². The third kappa shape index (κ3) is 2.27. The normalized spacial score (nSPS) is 37.3. The van der Waals surface area contributed by atoms with Crippen molar-refractivity contribution in [2.75, 3.05) is 20.3 Å². The summed E-state index contributed by atoms with van der Waals surface area (Å²) in [5.74, 6) is 0. The fourth-order valence-corrected chi connectivity index (χ4v) is 2.68. The highest BCUT2D eigenvalue weighted by atomic mass is 16.6. The van der Waals surface area contributed by atoms with Crippen molar-refractivity contribution in [3.63, 3.8) is 0 Å². The Labute approximate surface area is 99.1 Å². The maximum absolute atomic E-state index is 6.02. The van der Waals surface area contributed by atoms with Crippen LogP contribution < -0.4 is 0 Å². The van der Waals surface area contributed by atoms with Crippen molar-refractivity contribution < 1.29 is 9.47 Å². The van der Waals surface area contributed by atoms with Gasteiger partial charge in [0.2, 0.25) is 0 Å². The van der Waals surface area contributed by atoms with Crippen LogP contribution in [0.4, 0.5) is 0 Å². The number of piperidine rings is 1. The van der Waals surface area contributed by atoms with Crippen molar-refractivity contribution in [2.45, 2.75) is 63.8 Å². The molecule has 2 saturated heterocycles. The highest BCUT2D eigenvalue weighted by Crippen LogP contribution is 2.38. The van der Waals surface area contributed by atoms with Gasteiger partial charge >= 0.3 is 0 Å². The summed E-state index contributed by atoms with van der Waals surface area (Å²) in [5, 5.41) is 0. The summed E-state index contributed by atoms with van der Waals surface area (Å²) in [5.41, 5.74) is 0.385. The molecule has 2 aliphatic rings. The molecule has 0 N–H and O–H groups in total. The van der Waals surface area contributed by atoms with Crippen molar-refractivity contribution in [3.05, 3.63) is 0 Å². The molecule has 0 spiro atoms. The maximum Gasteiger partial charge on any atom is 0.104 e. The van der Waals surface area contributed by atoms with Crippen LogP contribution in [-0.4, -0.2) is 48.4 Å². The second kappa shape index (κ2) is 3.97. The molecule has 0 bridgehead atoms. The van der Waals surface area contributed by atoms with Crippen LogP contribution in [0.2, 0.25) is 0 Å². The number of nitrogens with zero attached hydrogens (tertiary/aromatic N) is 1. The van der Waals surface area contributed by atoms with Crippen LogP contribution in [0.5, 0.6) is 0 Å². The van der Waals surface area contributed by atoms with E-state index in [1.807, 2.05) is 0 Å². The Kier molecular flexibility index (Phi) is 3.06. The van der Waals surface area contributed by atoms with Gasteiger partial charge in [-0.05, 0) is 47.6 Å². The van der Waals surface area contributed by atoms with Gasteiger partial charge in [-0.2, -0.15) is 0 Å². The number of rotatable bonds is 3. The minimum Gasteiger partial charge on any atom is -0.374 e. The van der Waals surface area contributed by atoms with Crippen LogP contribution in [0.1, 0.15) is 40.5 Å². The van der Waals surface area contributed by atoms with Gasteiger partial charge < -0.3 is 9.47 Å². The summed E-state index contributed by atoms with van der Waals surface area (Å²) >= 11 is 0. The van der Waals surface area contributed by atoms with Gasteiger partial charge in [0.15, 0.2) is 0 Å². The number of hydrogen-bond acceptors (Lipinski definition) is 3. The standard InChI is InChI=1S/C13H25NO2/c1-12(2)7-6-11(13(3,4)14(12)5)16-9-10-8-15-10/h10-11H,6-9H2,1-5H3. The molecule has 0 aromatic carbocycles. The Hall–Kier alpha value is -0.120. The second-order valence-corrected chi connectivity index (χ2v) is 6.34. The Morgan fingerprint density at radius 3 is 2.50 bits per heavy atom. The van der Waals surface area contributed by atoms with E-state index in [0.29, 0.717) is 12.2 Å². The average molecular weight is 227 g/mol. The van der Waals surface area contributed by atoms with Gasteiger partial charge in [0.1, 0.15) is 6.10 Å². The first-order valence-corrected chi connectivity index (χ1v) is 6.31. The lowest BCUT2D eigenvalue weighted by Gasteiger charge is -2.54. The van der Waals surface area contributed by atoms with Gasteiger partial charge in [-0.3, -0.25) is 4.90 Å². The first kappa shape index (κ1) is 12.3. The van der Waals surface area contributed by atoms with Crippen molar-refractivity contribution in [2.24, 2.45) is 0 Å². The van der Waals surface area contributed by atoms with Crippen molar-refractivity contribution >= 4 is 0 Å². The smallest absolute Gasteiger partial charge is 0.104 e. The molecule has 0 radical (unpaired) electrons. The van der Waals surface area contributed by atoms with Crippen molar-refractivity contribution in [1.82, 2.24) is 4.90 Å². The molecule has 16 heavy (non-hydrogen) atoms. The van der Waals surface area contributed by atoms with E-state index in [4.69, 9.17) is 9.47 Å². The molecule has 2 unspecified atom stereocenters. The quantitative estimate of drug-likeness (QED) is 0.690. The van der Waals surface area contributed by atoms with E-state index in [-0.39, 0.29) is 11.1 Å². The van der Waals surface area contributed by atoms with Gasteiger partial charge in [0.05, 0.1) is 19.3 Å². The zero-order chi connectivity index (χ0) is 12.0. The molecular formula is C13H25NO2. The average Bonchev–Trinajstić information content (AvgIpc) is 2.97. The molecule has 0 aliphatic carbocycles. The van der Waals surface area contributed by atoms with Gasteiger partial charge in [0.25, 0.3) is 0 Å². The molecule has 94 valence electrons. The highest BCUT2D eigenvalue weighted by Gasteiger charge is 2.45. The van der Waals surface area contributed by atoms with Crippen LogP contribution in [0.3, 0.4) is 0 Å². The predicted octanol–water partition coefficient (Wildman–Crippen LogP) is 2.05. The monoisotopic (exact) mass is 227 g/mol. The predicted molar refractivity (Wildman–Crippen MR) is 64.6 cm³/mol. The fourth-order valence-electron chi connectivity index (χ4n) is 2.68. The van der Waals surface area contributed by atoms with Gasteiger partial charge in [-0.1, -0.05) is 0 Å². The zero-order valence-electron chi connectivity index (χ0n) is 11.2. The molecule has 2 atom stereocenters. The lowest BCUT2D eigenvalue weighted by molar-refractivity contribution is -0.121. The lowest BCUT2D eigenvalue weighted by atomic mass is 9.78. The Bertz CT molecular complexity index is 257. The second-order valence-electron chi connectivity index (χ2n) is 6.34. The summed E-state index contributed by atoms with van der Waals surface area (Å²) in [7, 11) is 2.21. The molecule has 3 nitrogen and oxygen atoms in total. The molecule has 2 heterocycles. The summed E-state index contributed by atoms with van der Waals surface area (Å²) in [6.07, 6.45) is 3.05. The number of likely N-dealkylation sites (N-methyl/N-ethyl adjacent to an activating group) is 1. The largest absolute Gasteiger partial charge is 0.374 e. The fraction of sp³-hybridized carbons (Fsp3) is 1.00. The number of ether oxygens (including phenoxy) is 2. The molecule has 2 aliphatic heterocycles. The van der Waals surface area contributed by atoms with Gasteiger partial charge in [-0.25, -0.2) is 0 Å². The molecular weight excluding hydrogens is 202 g/mol. The summed E-state index contributed by atoms with van der Waals surface area (Å²) in [6.45, 7) is 10.8. The summed E-state index contributed by atoms with van der Waals surface area (Å²) < 4.78 is 11.2. The number of hydrogen-bond donors (Lipinski definition) is 0. The summed E-state index contributed by atoms with van der Waals surface area (Å²) in [4.78, 5) is 2.46. The third-order valence-corrected chi connectivity index (χ3v) is 4.46. The Morgan fingerprint density at radius 1 is 1.31 bits per heavy atom.